The van der Waals surface area contributed by atoms with E-state index in [1.807, 2.05) is 36.4 Å². The molecule has 1 amide bonds. The lowest BCUT2D eigenvalue weighted by Crippen LogP contribution is -2.43. The minimum Gasteiger partial charge on any atom is -0.360 e. The van der Waals surface area contributed by atoms with Crippen molar-refractivity contribution in [2.45, 2.75) is 32.4 Å². The van der Waals surface area contributed by atoms with Gasteiger partial charge in [-0.1, -0.05) is 50.2 Å². The van der Waals surface area contributed by atoms with Crippen LogP contribution < -0.4 is 10.2 Å². The molecule has 0 saturated carbocycles. The first-order valence-corrected chi connectivity index (χ1v) is 9.63. The van der Waals surface area contributed by atoms with Crippen molar-refractivity contribution in [2.24, 2.45) is 0 Å². The number of carbonyl (C=O) groups excluding carboxylic acids is 1. The molecule has 0 unspecified atom stereocenters. The van der Waals surface area contributed by atoms with Gasteiger partial charge < -0.3 is 5.32 Å². The Bertz CT molecular complexity index is 982. The van der Waals surface area contributed by atoms with E-state index in [0.29, 0.717) is 11.5 Å². The monoisotopic (exact) mass is 374 g/mol. The van der Waals surface area contributed by atoms with E-state index in [2.05, 4.69) is 31.3 Å². The molecule has 1 aliphatic rings. The van der Waals surface area contributed by atoms with E-state index in [-0.39, 0.29) is 11.7 Å². The third-order valence-corrected chi connectivity index (χ3v) is 5.47. The molecule has 0 radical (unpaired) electrons. The van der Waals surface area contributed by atoms with Gasteiger partial charge in [-0.05, 0) is 59.9 Å². The van der Waals surface area contributed by atoms with Crippen LogP contribution in [0.25, 0.3) is 0 Å². The van der Waals surface area contributed by atoms with Crippen molar-refractivity contribution in [3.63, 3.8) is 0 Å². The number of nitrogens with one attached hydrogen (secondary N) is 1. The Morgan fingerprint density at radius 3 is 2.36 bits per heavy atom. The molecule has 0 aliphatic carbocycles. The molecule has 4 heteroatoms. The van der Waals surface area contributed by atoms with Gasteiger partial charge in [0, 0.05) is 11.4 Å². The third-order valence-electron chi connectivity index (χ3n) is 5.47. The molecule has 0 bridgehead atoms. The largest absolute Gasteiger partial charge is 0.360 e. The molecule has 1 N–H and O–H groups in total. The van der Waals surface area contributed by atoms with Crippen LogP contribution >= 0.6 is 0 Å². The highest BCUT2D eigenvalue weighted by Crippen LogP contribution is 2.37. The molecule has 0 spiro atoms. The van der Waals surface area contributed by atoms with E-state index < -0.39 is 6.17 Å². The van der Waals surface area contributed by atoms with Gasteiger partial charge in [-0.3, -0.25) is 9.69 Å². The van der Waals surface area contributed by atoms with Gasteiger partial charge in [0.05, 0.1) is 5.56 Å². The van der Waals surface area contributed by atoms with Crippen molar-refractivity contribution in [3.05, 3.63) is 95.3 Å². The zero-order valence-corrected chi connectivity index (χ0v) is 16.0. The number of amides is 1. The molecular formula is C24H23FN2O. The Morgan fingerprint density at radius 1 is 1.00 bits per heavy atom. The number of halogens is 1. The number of rotatable bonds is 4. The third kappa shape index (κ3) is 3.26. The standard InChI is InChI=1S/C24H23FN2O/c1-3-16(2)17-10-14-20(15-11-17)27-23(18-8-12-19(25)13-9-18)26-22-7-5-4-6-21(22)24(27)28/h4-16,23,26H,3H2,1-2H3/t16-,23-/m0/s1. The molecule has 3 nitrogen and oxygen atoms in total. The van der Waals surface area contributed by atoms with Crippen LogP contribution in [0.3, 0.4) is 0 Å². The molecule has 1 heterocycles. The van der Waals surface area contributed by atoms with Crippen molar-refractivity contribution < 1.29 is 9.18 Å². The Labute approximate surface area is 164 Å². The summed E-state index contributed by atoms with van der Waals surface area (Å²) in [5.41, 5.74) is 4.31. The smallest absolute Gasteiger partial charge is 0.262 e. The second kappa shape index (κ2) is 7.47. The number of para-hydroxylation sites is 1. The van der Waals surface area contributed by atoms with Gasteiger partial charge in [0.2, 0.25) is 0 Å². The van der Waals surface area contributed by atoms with Crippen molar-refractivity contribution in [1.29, 1.82) is 0 Å². The lowest BCUT2D eigenvalue weighted by Gasteiger charge is -2.38. The molecule has 1 aliphatic heterocycles. The number of nitrogens with zero attached hydrogens (tertiary/aromatic N) is 1. The summed E-state index contributed by atoms with van der Waals surface area (Å²) in [7, 11) is 0. The van der Waals surface area contributed by atoms with E-state index >= 15 is 0 Å². The minimum atomic E-state index is -0.405. The quantitative estimate of drug-likeness (QED) is 0.597. The highest BCUT2D eigenvalue weighted by molar-refractivity contribution is 6.12. The Morgan fingerprint density at radius 2 is 1.68 bits per heavy atom. The van der Waals surface area contributed by atoms with Gasteiger partial charge in [-0.25, -0.2) is 4.39 Å². The number of hydrogen-bond acceptors (Lipinski definition) is 2. The molecule has 0 fully saturated rings. The topological polar surface area (TPSA) is 32.3 Å². The van der Waals surface area contributed by atoms with Crippen LogP contribution in [0.5, 0.6) is 0 Å². The van der Waals surface area contributed by atoms with E-state index in [1.165, 1.54) is 17.7 Å². The summed E-state index contributed by atoms with van der Waals surface area (Å²) in [6.45, 7) is 4.36. The summed E-state index contributed by atoms with van der Waals surface area (Å²) >= 11 is 0. The first kappa shape index (κ1) is 18.2. The first-order valence-electron chi connectivity index (χ1n) is 9.63. The summed E-state index contributed by atoms with van der Waals surface area (Å²) in [6.07, 6.45) is 0.659. The molecule has 0 aromatic heterocycles. The molecule has 0 saturated heterocycles. The maximum Gasteiger partial charge on any atom is 0.262 e. The SMILES string of the molecule is CC[C@H](C)c1ccc(N2C(=O)c3ccccc3N[C@@H]2c2ccc(F)cc2)cc1. The number of benzene rings is 3. The average Bonchev–Trinajstić information content (AvgIpc) is 2.74. The second-order valence-electron chi connectivity index (χ2n) is 7.22. The van der Waals surface area contributed by atoms with Crippen molar-refractivity contribution in [3.8, 4) is 0 Å². The van der Waals surface area contributed by atoms with E-state index in [9.17, 15) is 9.18 Å². The molecule has 142 valence electrons. The van der Waals surface area contributed by atoms with Gasteiger partial charge in [-0.15, -0.1) is 0 Å². The Hall–Kier alpha value is -3.14. The molecular weight excluding hydrogens is 351 g/mol. The fourth-order valence-corrected chi connectivity index (χ4v) is 3.60. The van der Waals surface area contributed by atoms with Gasteiger partial charge >= 0.3 is 0 Å². The van der Waals surface area contributed by atoms with Crippen LogP contribution in [0.1, 0.15) is 53.8 Å². The summed E-state index contributed by atoms with van der Waals surface area (Å²) in [4.78, 5) is 15.1. The van der Waals surface area contributed by atoms with Crippen LogP contribution in [0.15, 0.2) is 72.8 Å². The maximum absolute atomic E-state index is 13.4. The van der Waals surface area contributed by atoms with Gasteiger partial charge in [0.1, 0.15) is 12.0 Å². The molecule has 28 heavy (non-hydrogen) atoms. The summed E-state index contributed by atoms with van der Waals surface area (Å²) < 4.78 is 13.4. The van der Waals surface area contributed by atoms with Crippen LogP contribution in [0.4, 0.5) is 15.8 Å². The van der Waals surface area contributed by atoms with E-state index in [0.717, 1.165) is 23.4 Å². The molecule has 3 aromatic carbocycles. The van der Waals surface area contributed by atoms with Crippen LogP contribution in [-0.4, -0.2) is 5.91 Å². The van der Waals surface area contributed by atoms with Crippen molar-refractivity contribution >= 4 is 17.3 Å². The highest BCUT2D eigenvalue weighted by atomic mass is 19.1. The minimum absolute atomic E-state index is 0.0695. The summed E-state index contributed by atoms with van der Waals surface area (Å²) in [5, 5.41) is 3.44. The molecule has 4 rings (SSSR count). The number of fused-ring (bicyclic) bond motifs is 1. The van der Waals surface area contributed by atoms with Gasteiger partial charge in [0.15, 0.2) is 0 Å². The van der Waals surface area contributed by atoms with Crippen molar-refractivity contribution in [1.82, 2.24) is 0 Å². The number of anilines is 2. The number of carbonyl (C=O) groups is 1. The summed E-state index contributed by atoms with van der Waals surface area (Å²) in [5.74, 6) is 0.105. The zero-order chi connectivity index (χ0) is 19.7. The Balaban J connectivity index is 1.78. The zero-order valence-electron chi connectivity index (χ0n) is 16.0. The lowest BCUT2D eigenvalue weighted by atomic mass is 9.97. The van der Waals surface area contributed by atoms with Crippen LogP contribution in [-0.2, 0) is 0 Å². The number of hydrogen-bond donors (Lipinski definition) is 1. The normalized spacial score (nSPS) is 17.0. The molecule has 3 aromatic rings. The first-order chi connectivity index (χ1) is 13.6. The van der Waals surface area contributed by atoms with Gasteiger partial charge in [0.25, 0.3) is 5.91 Å². The lowest BCUT2D eigenvalue weighted by molar-refractivity contribution is 0.0975. The highest BCUT2D eigenvalue weighted by Gasteiger charge is 2.34. The van der Waals surface area contributed by atoms with Crippen LogP contribution in [0, 0.1) is 5.82 Å². The second-order valence-corrected chi connectivity index (χ2v) is 7.22. The van der Waals surface area contributed by atoms with E-state index in [4.69, 9.17) is 0 Å². The van der Waals surface area contributed by atoms with E-state index in [1.54, 1.807) is 17.0 Å². The fraction of sp³-hybridized carbons (Fsp3) is 0.208. The fourth-order valence-electron chi connectivity index (χ4n) is 3.60. The Kier molecular flexibility index (Phi) is 4.86. The summed E-state index contributed by atoms with van der Waals surface area (Å²) in [6, 6.07) is 21.9. The predicted octanol–water partition coefficient (Wildman–Crippen LogP) is 6.11. The average molecular weight is 374 g/mol. The predicted molar refractivity (Wildman–Crippen MR) is 111 cm³/mol. The molecule has 2 atom stereocenters. The van der Waals surface area contributed by atoms with Crippen LogP contribution in [0.2, 0.25) is 0 Å². The van der Waals surface area contributed by atoms with Gasteiger partial charge in [-0.2, -0.15) is 0 Å². The van der Waals surface area contributed by atoms with Crippen molar-refractivity contribution in [2.75, 3.05) is 10.2 Å². The maximum atomic E-state index is 13.4.